The summed E-state index contributed by atoms with van der Waals surface area (Å²) in [5.41, 5.74) is 3.09. The number of anilines is 1. The maximum Gasteiger partial charge on any atom is 0.296 e. The molecule has 246 valence electrons. The minimum absolute atomic E-state index is 0.0486. The zero-order valence-corrected chi connectivity index (χ0v) is 26.9. The predicted octanol–water partition coefficient (Wildman–Crippen LogP) is 2.50. The van der Waals surface area contributed by atoms with Crippen molar-refractivity contribution in [3.05, 3.63) is 107 Å². The summed E-state index contributed by atoms with van der Waals surface area (Å²) in [6.45, 7) is 1.94. The van der Waals surface area contributed by atoms with Gasteiger partial charge in [0.2, 0.25) is 0 Å². The predicted molar refractivity (Wildman–Crippen MR) is 176 cm³/mol. The number of amides is 2. The van der Waals surface area contributed by atoms with Gasteiger partial charge in [-0.1, -0.05) is 36.4 Å². The Hall–Kier alpha value is -5.21. The first-order chi connectivity index (χ1) is 22.6. The molecular formula is C33H36N6O7S. The largest absolute Gasteiger partial charge is 0.484 e. The van der Waals surface area contributed by atoms with E-state index in [0.29, 0.717) is 29.2 Å². The number of hydrogen-bond acceptors (Lipinski definition) is 8. The maximum absolute atomic E-state index is 13.9. The number of benzene rings is 3. The van der Waals surface area contributed by atoms with Gasteiger partial charge in [-0.2, -0.15) is 5.10 Å². The lowest BCUT2D eigenvalue weighted by molar-refractivity contribution is -0.123. The minimum atomic E-state index is -4.34. The van der Waals surface area contributed by atoms with Crippen molar-refractivity contribution in [2.75, 3.05) is 30.6 Å². The van der Waals surface area contributed by atoms with Gasteiger partial charge in [0, 0.05) is 20.2 Å². The summed E-state index contributed by atoms with van der Waals surface area (Å²) in [4.78, 5) is 38.8. The smallest absolute Gasteiger partial charge is 0.296 e. The van der Waals surface area contributed by atoms with Crippen LogP contribution in [0.3, 0.4) is 0 Å². The van der Waals surface area contributed by atoms with Crippen molar-refractivity contribution in [3.63, 3.8) is 0 Å². The molecule has 1 aliphatic heterocycles. The number of para-hydroxylation sites is 1. The van der Waals surface area contributed by atoms with Crippen molar-refractivity contribution < 1.29 is 27.5 Å². The van der Waals surface area contributed by atoms with E-state index >= 15 is 0 Å². The number of hydrazone groups is 1. The molecule has 1 fully saturated rings. The van der Waals surface area contributed by atoms with E-state index < -0.39 is 28.0 Å². The van der Waals surface area contributed by atoms with E-state index in [0.717, 1.165) is 23.8 Å². The van der Waals surface area contributed by atoms with E-state index in [1.165, 1.54) is 23.0 Å². The van der Waals surface area contributed by atoms with Crippen molar-refractivity contribution in [3.8, 4) is 11.4 Å². The fourth-order valence-electron chi connectivity index (χ4n) is 5.07. The quantitative estimate of drug-likeness (QED) is 0.165. The number of ether oxygens (including phenoxy) is 2. The van der Waals surface area contributed by atoms with Crippen molar-refractivity contribution in [2.45, 2.75) is 30.8 Å². The molecule has 0 aliphatic carbocycles. The highest BCUT2D eigenvalue weighted by Crippen LogP contribution is 2.25. The Labute approximate surface area is 272 Å². The van der Waals surface area contributed by atoms with Crippen LogP contribution in [-0.4, -0.2) is 68.2 Å². The molecule has 4 aromatic rings. The van der Waals surface area contributed by atoms with Crippen molar-refractivity contribution >= 4 is 33.7 Å². The summed E-state index contributed by atoms with van der Waals surface area (Å²) in [7, 11) is -2.69. The summed E-state index contributed by atoms with van der Waals surface area (Å²) in [6.07, 6.45) is 3.35. The molecule has 14 heteroatoms. The number of rotatable bonds is 13. The average molecular weight is 661 g/mol. The molecule has 1 aliphatic rings. The van der Waals surface area contributed by atoms with Crippen LogP contribution >= 0.6 is 0 Å². The number of nitrogens with one attached hydrogen (secondary N) is 2. The monoisotopic (exact) mass is 660 g/mol. The van der Waals surface area contributed by atoms with E-state index in [4.69, 9.17) is 9.47 Å². The number of nitrogens with zero attached hydrogens (tertiary/aromatic N) is 4. The van der Waals surface area contributed by atoms with Gasteiger partial charge >= 0.3 is 0 Å². The molecule has 2 heterocycles. The molecule has 2 amide bonds. The number of carbonyl (C=O) groups is 2. The molecule has 1 aromatic heterocycles. The average Bonchev–Trinajstić information content (AvgIpc) is 3.68. The molecule has 0 unspecified atom stereocenters. The normalized spacial score (nSPS) is 14.6. The second kappa shape index (κ2) is 14.9. The first kappa shape index (κ1) is 33.2. The molecule has 0 saturated carbocycles. The van der Waals surface area contributed by atoms with Gasteiger partial charge in [0.15, 0.2) is 6.61 Å². The Balaban J connectivity index is 1.27. The summed E-state index contributed by atoms with van der Waals surface area (Å²) < 4.78 is 42.4. The molecule has 1 atom stereocenters. The van der Waals surface area contributed by atoms with Gasteiger partial charge in [-0.3, -0.25) is 19.1 Å². The maximum atomic E-state index is 13.9. The Morgan fingerprint density at radius 3 is 2.36 bits per heavy atom. The molecule has 13 nitrogen and oxygen atoms in total. The summed E-state index contributed by atoms with van der Waals surface area (Å²) >= 11 is 0. The second-order valence-electron chi connectivity index (χ2n) is 10.8. The lowest BCUT2D eigenvalue weighted by Crippen LogP contribution is -2.42. The molecule has 0 spiro atoms. The molecular weight excluding hydrogens is 624 g/mol. The van der Waals surface area contributed by atoms with Crippen molar-refractivity contribution in [1.29, 1.82) is 0 Å². The third-order valence-corrected chi connectivity index (χ3v) is 9.36. The van der Waals surface area contributed by atoms with Crippen molar-refractivity contribution in [2.24, 2.45) is 12.1 Å². The molecule has 0 bridgehead atoms. The van der Waals surface area contributed by atoms with Gasteiger partial charge in [0.25, 0.3) is 27.4 Å². The van der Waals surface area contributed by atoms with Gasteiger partial charge in [-0.15, -0.1) is 0 Å². The Morgan fingerprint density at radius 1 is 1.02 bits per heavy atom. The van der Waals surface area contributed by atoms with Crippen LogP contribution in [0.1, 0.15) is 24.1 Å². The topological polar surface area (TPSA) is 153 Å². The SMILES string of the molecule is Cc1c(N(CC(=O)N/N=C\c2ccc(OCC(=O)NC[C@H]3CCCO3)cc2)S(=O)(=O)c2ccccc2)c(=O)n(-c2ccccc2)n1C. The third kappa shape index (κ3) is 7.96. The van der Waals surface area contributed by atoms with Crippen molar-refractivity contribution in [1.82, 2.24) is 20.1 Å². The molecule has 1 saturated heterocycles. The van der Waals surface area contributed by atoms with Crippen LogP contribution in [0.5, 0.6) is 5.75 Å². The number of carbonyl (C=O) groups excluding carboxylic acids is 2. The third-order valence-electron chi connectivity index (χ3n) is 7.60. The van der Waals surface area contributed by atoms with E-state index in [-0.39, 0.29) is 29.2 Å². The lowest BCUT2D eigenvalue weighted by Gasteiger charge is -2.22. The van der Waals surface area contributed by atoms with Gasteiger partial charge in [-0.05, 0) is 73.9 Å². The fraction of sp³-hybridized carbons (Fsp3) is 0.273. The van der Waals surface area contributed by atoms with Crippen LogP contribution in [-0.2, 0) is 31.4 Å². The highest BCUT2D eigenvalue weighted by molar-refractivity contribution is 7.92. The lowest BCUT2D eigenvalue weighted by atomic mass is 10.2. The zero-order chi connectivity index (χ0) is 33.4. The van der Waals surface area contributed by atoms with Gasteiger partial charge < -0.3 is 14.8 Å². The molecule has 3 aromatic carbocycles. The fourth-order valence-corrected chi connectivity index (χ4v) is 6.57. The standard InChI is InChI=1S/C33H36N6O7S/c1-24-32(33(42)39(37(24)2)26-10-5-3-6-11-26)38(47(43,44)29-13-7-4-8-14-29)22-30(40)36-35-20-25-15-17-27(18-16-25)46-23-31(41)34-21-28-12-9-19-45-28/h3-8,10-11,13-18,20,28H,9,12,19,21-23H2,1-2H3,(H,34,41)(H,36,40)/b35-20-/t28-/m1/s1. The highest BCUT2D eigenvalue weighted by atomic mass is 32.2. The second-order valence-corrected chi connectivity index (χ2v) is 12.7. The van der Waals surface area contributed by atoms with Crippen LogP contribution in [0, 0.1) is 6.92 Å². The van der Waals surface area contributed by atoms with Crippen LogP contribution < -0.4 is 25.3 Å². The first-order valence-corrected chi connectivity index (χ1v) is 16.4. The van der Waals surface area contributed by atoms with Gasteiger partial charge in [-0.25, -0.2) is 22.8 Å². The van der Waals surface area contributed by atoms with Crippen LogP contribution in [0.4, 0.5) is 5.69 Å². The molecule has 5 rings (SSSR count). The number of sulfonamides is 1. The summed E-state index contributed by atoms with van der Waals surface area (Å²) in [5.74, 6) is -0.537. The van der Waals surface area contributed by atoms with Crippen LogP contribution in [0.2, 0.25) is 0 Å². The number of hydrogen-bond donors (Lipinski definition) is 2. The van der Waals surface area contributed by atoms with Crippen LogP contribution in [0.15, 0.2) is 99.7 Å². The Bertz CT molecular complexity index is 1880. The molecule has 0 radical (unpaired) electrons. The van der Waals surface area contributed by atoms with Gasteiger partial charge in [0.1, 0.15) is 18.0 Å². The first-order valence-electron chi connectivity index (χ1n) is 15.0. The highest BCUT2D eigenvalue weighted by Gasteiger charge is 2.33. The zero-order valence-electron chi connectivity index (χ0n) is 26.0. The summed E-state index contributed by atoms with van der Waals surface area (Å²) in [6, 6.07) is 23.1. The number of aromatic nitrogens is 2. The molecule has 2 N–H and O–H groups in total. The minimum Gasteiger partial charge on any atom is -0.484 e. The van der Waals surface area contributed by atoms with E-state index in [1.807, 2.05) is 0 Å². The van der Waals surface area contributed by atoms with E-state index in [1.54, 1.807) is 91.4 Å². The van der Waals surface area contributed by atoms with E-state index in [2.05, 4.69) is 15.8 Å². The Morgan fingerprint density at radius 2 is 1.70 bits per heavy atom. The summed E-state index contributed by atoms with van der Waals surface area (Å²) in [5, 5.41) is 6.77. The molecule has 47 heavy (non-hydrogen) atoms. The Kier molecular flexibility index (Phi) is 10.5. The van der Waals surface area contributed by atoms with E-state index in [9.17, 15) is 22.8 Å². The van der Waals surface area contributed by atoms with Crippen LogP contribution in [0.25, 0.3) is 5.69 Å². The van der Waals surface area contributed by atoms with Gasteiger partial charge in [0.05, 0.1) is 28.6 Å².